The first-order valence-electron chi connectivity index (χ1n) is 6.87. The SMILES string of the molecule is CCN(C)c1cnn(CCOc2cccc(N)c2)c(=O)c1. The molecule has 0 amide bonds. The molecule has 0 spiro atoms. The Morgan fingerprint density at radius 2 is 2.19 bits per heavy atom. The van der Waals surface area contributed by atoms with Gasteiger partial charge in [0, 0.05) is 31.4 Å². The molecule has 2 aromatic rings. The summed E-state index contributed by atoms with van der Waals surface area (Å²) < 4.78 is 6.94. The minimum Gasteiger partial charge on any atom is -0.492 e. The molecule has 0 aliphatic heterocycles. The first-order valence-corrected chi connectivity index (χ1v) is 6.87. The maximum atomic E-state index is 12.0. The van der Waals surface area contributed by atoms with E-state index < -0.39 is 0 Å². The highest BCUT2D eigenvalue weighted by Crippen LogP contribution is 2.14. The molecule has 6 heteroatoms. The van der Waals surface area contributed by atoms with Crippen LogP contribution < -0.4 is 20.9 Å². The second-order valence-corrected chi connectivity index (χ2v) is 4.71. The number of benzene rings is 1. The lowest BCUT2D eigenvalue weighted by Crippen LogP contribution is -2.27. The molecule has 0 radical (unpaired) electrons. The van der Waals surface area contributed by atoms with Gasteiger partial charge in [-0.25, -0.2) is 4.68 Å². The summed E-state index contributed by atoms with van der Waals surface area (Å²) in [4.78, 5) is 13.9. The summed E-state index contributed by atoms with van der Waals surface area (Å²) in [7, 11) is 1.92. The molecule has 2 rings (SSSR count). The van der Waals surface area contributed by atoms with Crippen LogP contribution in [0.15, 0.2) is 41.3 Å². The van der Waals surface area contributed by atoms with Gasteiger partial charge in [-0.3, -0.25) is 4.79 Å². The van der Waals surface area contributed by atoms with E-state index in [4.69, 9.17) is 10.5 Å². The summed E-state index contributed by atoms with van der Waals surface area (Å²) >= 11 is 0. The quantitative estimate of drug-likeness (QED) is 0.812. The van der Waals surface area contributed by atoms with Crippen LogP contribution in [0.2, 0.25) is 0 Å². The van der Waals surface area contributed by atoms with E-state index >= 15 is 0 Å². The standard InChI is InChI=1S/C15H20N4O2/c1-3-18(2)13-10-15(20)19(17-11-13)7-8-21-14-6-4-5-12(16)9-14/h4-6,9-11H,3,7-8,16H2,1-2H3. The Hall–Kier alpha value is -2.50. The molecular weight excluding hydrogens is 268 g/mol. The summed E-state index contributed by atoms with van der Waals surface area (Å²) in [5.41, 5.74) is 7.00. The molecule has 0 aliphatic carbocycles. The zero-order valence-corrected chi connectivity index (χ0v) is 12.3. The molecule has 112 valence electrons. The molecule has 2 N–H and O–H groups in total. The number of hydrogen-bond acceptors (Lipinski definition) is 5. The Kier molecular flexibility index (Phi) is 4.81. The molecule has 0 saturated heterocycles. The van der Waals surface area contributed by atoms with E-state index in [1.807, 2.05) is 31.0 Å². The van der Waals surface area contributed by atoms with Crippen LogP contribution in [0.3, 0.4) is 0 Å². The van der Waals surface area contributed by atoms with Crippen molar-refractivity contribution in [1.29, 1.82) is 0 Å². The highest BCUT2D eigenvalue weighted by atomic mass is 16.5. The highest BCUT2D eigenvalue weighted by molar-refractivity contribution is 5.43. The Morgan fingerprint density at radius 3 is 2.86 bits per heavy atom. The minimum absolute atomic E-state index is 0.135. The summed E-state index contributed by atoms with van der Waals surface area (Å²) in [5, 5.41) is 4.15. The lowest BCUT2D eigenvalue weighted by Gasteiger charge is -2.16. The van der Waals surface area contributed by atoms with Crippen LogP contribution in [0.4, 0.5) is 11.4 Å². The van der Waals surface area contributed by atoms with Crippen LogP contribution in [0.1, 0.15) is 6.92 Å². The maximum Gasteiger partial charge on any atom is 0.268 e. The third-order valence-electron chi connectivity index (χ3n) is 3.20. The number of hydrogen-bond donors (Lipinski definition) is 1. The zero-order valence-electron chi connectivity index (χ0n) is 12.3. The monoisotopic (exact) mass is 288 g/mol. The first kappa shape index (κ1) is 14.9. The fourth-order valence-corrected chi connectivity index (χ4v) is 1.84. The Balaban J connectivity index is 1.96. The predicted molar refractivity (Wildman–Crippen MR) is 83.8 cm³/mol. The number of nitrogens with two attached hydrogens (primary N) is 1. The van der Waals surface area contributed by atoms with E-state index in [-0.39, 0.29) is 5.56 Å². The molecule has 1 heterocycles. The maximum absolute atomic E-state index is 12.0. The van der Waals surface area contributed by atoms with Gasteiger partial charge in [0.1, 0.15) is 12.4 Å². The van der Waals surface area contributed by atoms with Crippen LogP contribution in [0.5, 0.6) is 5.75 Å². The van der Waals surface area contributed by atoms with Gasteiger partial charge in [0.15, 0.2) is 0 Å². The van der Waals surface area contributed by atoms with Crippen LogP contribution in [-0.2, 0) is 6.54 Å². The second-order valence-electron chi connectivity index (χ2n) is 4.71. The van der Waals surface area contributed by atoms with Crippen molar-refractivity contribution >= 4 is 11.4 Å². The summed E-state index contributed by atoms with van der Waals surface area (Å²) in [5.74, 6) is 0.686. The number of nitrogen functional groups attached to an aromatic ring is 1. The Morgan fingerprint density at radius 1 is 1.38 bits per heavy atom. The van der Waals surface area contributed by atoms with Crippen molar-refractivity contribution < 1.29 is 4.74 Å². The van der Waals surface area contributed by atoms with Crippen molar-refractivity contribution in [3.8, 4) is 5.75 Å². The van der Waals surface area contributed by atoms with Gasteiger partial charge in [-0.05, 0) is 19.1 Å². The minimum atomic E-state index is -0.135. The molecule has 0 aliphatic rings. The molecule has 0 saturated carbocycles. The van der Waals surface area contributed by atoms with Gasteiger partial charge in [-0.15, -0.1) is 0 Å². The van der Waals surface area contributed by atoms with Crippen molar-refractivity contribution in [2.24, 2.45) is 0 Å². The molecule has 0 bridgehead atoms. The zero-order chi connectivity index (χ0) is 15.2. The van der Waals surface area contributed by atoms with Crippen molar-refractivity contribution in [3.63, 3.8) is 0 Å². The molecule has 6 nitrogen and oxygen atoms in total. The summed E-state index contributed by atoms with van der Waals surface area (Å²) in [6.07, 6.45) is 1.69. The van der Waals surface area contributed by atoms with Gasteiger partial charge in [0.2, 0.25) is 0 Å². The van der Waals surface area contributed by atoms with Crippen molar-refractivity contribution in [2.45, 2.75) is 13.5 Å². The molecule has 0 atom stereocenters. The molecule has 21 heavy (non-hydrogen) atoms. The van der Waals surface area contributed by atoms with E-state index in [9.17, 15) is 4.79 Å². The fraction of sp³-hybridized carbons (Fsp3) is 0.333. The topological polar surface area (TPSA) is 73.4 Å². The lowest BCUT2D eigenvalue weighted by atomic mass is 10.3. The lowest BCUT2D eigenvalue weighted by molar-refractivity contribution is 0.288. The van der Waals surface area contributed by atoms with E-state index in [2.05, 4.69) is 5.10 Å². The van der Waals surface area contributed by atoms with Crippen LogP contribution in [-0.4, -0.2) is 30.0 Å². The van der Waals surface area contributed by atoms with E-state index in [1.54, 1.807) is 24.4 Å². The summed E-state index contributed by atoms with van der Waals surface area (Å²) in [6, 6.07) is 8.77. The predicted octanol–water partition coefficient (Wildman–Crippen LogP) is 1.36. The largest absolute Gasteiger partial charge is 0.492 e. The number of rotatable bonds is 6. The van der Waals surface area contributed by atoms with E-state index in [1.165, 1.54) is 4.68 Å². The number of ether oxygens (including phenoxy) is 1. The number of aromatic nitrogens is 2. The third-order valence-corrected chi connectivity index (χ3v) is 3.20. The van der Waals surface area contributed by atoms with Crippen molar-refractivity contribution in [1.82, 2.24) is 9.78 Å². The smallest absolute Gasteiger partial charge is 0.268 e. The van der Waals surface area contributed by atoms with Gasteiger partial charge in [-0.2, -0.15) is 5.10 Å². The van der Waals surface area contributed by atoms with E-state index in [0.717, 1.165) is 12.2 Å². The van der Waals surface area contributed by atoms with Crippen molar-refractivity contribution in [3.05, 3.63) is 46.9 Å². The number of anilines is 2. The summed E-state index contributed by atoms with van der Waals surface area (Å²) in [6.45, 7) is 3.59. The van der Waals surface area contributed by atoms with Crippen LogP contribution in [0.25, 0.3) is 0 Å². The Labute approximate surface area is 123 Å². The average molecular weight is 288 g/mol. The average Bonchev–Trinajstić information content (AvgIpc) is 2.48. The van der Waals surface area contributed by atoms with E-state index in [0.29, 0.717) is 24.6 Å². The van der Waals surface area contributed by atoms with Gasteiger partial charge in [0.25, 0.3) is 5.56 Å². The van der Waals surface area contributed by atoms with Crippen LogP contribution in [0, 0.1) is 0 Å². The second kappa shape index (κ2) is 6.78. The van der Waals surface area contributed by atoms with Gasteiger partial charge >= 0.3 is 0 Å². The normalized spacial score (nSPS) is 10.4. The Bertz CT molecular complexity index is 654. The van der Waals surface area contributed by atoms with Gasteiger partial charge in [-0.1, -0.05) is 6.07 Å². The van der Waals surface area contributed by atoms with Crippen LogP contribution >= 0.6 is 0 Å². The molecule has 0 unspecified atom stereocenters. The van der Waals surface area contributed by atoms with Crippen molar-refractivity contribution in [2.75, 3.05) is 30.8 Å². The molecule has 1 aromatic heterocycles. The molecule has 0 fully saturated rings. The van der Waals surface area contributed by atoms with Gasteiger partial charge < -0.3 is 15.4 Å². The fourth-order valence-electron chi connectivity index (χ4n) is 1.84. The highest BCUT2D eigenvalue weighted by Gasteiger charge is 2.03. The number of nitrogens with zero attached hydrogens (tertiary/aromatic N) is 3. The third kappa shape index (κ3) is 3.98. The van der Waals surface area contributed by atoms with Gasteiger partial charge in [0.05, 0.1) is 18.4 Å². The molecular formula is C15H20N4O2. The first-order chi connectivity index (χ1) is 10.1. The molecule has 1 aromatic carbocycles.